The lowest BCUT2D eigenvalue weighted by Crippen LogP contribution is -2.09. The van der Waals surface area contributed by atoms with E-state index in [2.05, 4.69) is 26.3 Å². The fourth-order valence-corrected chi connectivity index (χ4v) is 4.11. The molecule has 0 bridgehead atoms. The largest absolute Gasteiger partial charge is 0.497 e. The first-order chi connectivity index (χ1) is 29.0. The first-order valence-corrected chi connectivity index (χ1v) is 18.2. The van der Waals surface area contributed by atoms with E-state index in [0.29, 0.717) is 62.4 Å². The van der Waals surface area contributed by atoms with Gasteiger partial charge in [-0.2, -0.15) is 0 Å². The molecule has 0 atom stereocenters. The Hall–Kier alpha value is -7.60. The van der Waals surface area contributed by atoms with Gasteiger partial charge in [-0.15, -0.1) is 0 Å². The van der Waals surface area contributed by atoms with Crippen molar-refractivity contribution in [2.75, 3.05) is 28.4 Å². The van der Waals surface area contributed by atoms with E-state index in [-0.39, 0.29) is 0 Å². The molecule has 61 heavy (non-hydrogen) atoms. The Kier molecular flexibility index (Phi) is 25.9. The van der Waals surface area contributed by atoms with Crippen LogP contribution in [0.1, 0.15) is 45.0 Å². The maximum atomic E-state index is 11.8. The summed E-state index contributed by atoms with van der Waals surface area (Å²) in [5.74, 6) is 2.06. The van der Waals surface area contributed by atoms with Crippen LogP contribution < -0.4 is 28.4 Å². The smallest absolute Gasteiger partial charge is 0.338 e. The van der Waals surface area contributed by atoms with Gasteiger partial charge >= 0.3 is 11.9 Å². The highest BCUT2D eigenvalue weighted by atomic mass is 16.6. The minimum absolute atomic E-state index is 0.308. The molecule has 0 amide bonds. The predicted octanol–water partition coefficient (Wildman–Crippen LogP) is 9.80. The van der Waals surface area contributed by atoms with Gasteiger partial charge in [-0.25, -0.2) is 9.59 Å². The zero-order chi connectivity index (χ0) is 46.5. The van der Waals surface area contributed by atoms with Crippen molar-refractivity contribution in [1.82, 2.24) is 0 Å². The van der Waals surface area contributed by atoms with Gasteiger partial charge in [0.15, 0.2) is 23.0 Å². The van der Waals surface area contributed by atoms with E-state index in [1.807, 2.05) is 36.4 Å². The number of hydrogen-bond donors (Lipinski definition) is 0. The maximum absolute atomic E-state index is 11.8. The number of carbonyl (C=O) groups is 6. The molecular formula is C49H54O12. The fraction of sp³-hybridized carbons (Fsp3) is 0.184. The highest BCUT2D eigenvalue weighted by Crippen LogP contribution is 2.38. The molecule has 0 saturated carbocycles. The second kappa shape index (κ2) is 29.6. The SMILES string of the molecule is C/C=C/C(=O)Oc1cc(OC)ccc1-c1ccc(OC)c(OC)c1.C=C(C)C(=O)Oc1cc(-c2ccc(C=O)cc2)ccc1OC.C=C(C)C=O.C=C(C)C=O.C=C(C)C=O. The summed E-state index contributed by atoms with van der Waals surface area (Å²) in [4.78, 5) is 62.4. The molecule has 0 spiro atoms. The van der Waals surface area contributed by atoms with Gasteiger partial charge in [0.05, 0.1) is 28.4 Å². The van der Waals surface area contributed by atoms with Gasteiger partial charge < -0.3 is 28.4 Å². The van der Waals surface area contributed by atoms with Crippen LogP contribution in [-0.2, 0) is 24.0 Å². The van der Waals surface area contributed by atoms with Crippen molar-refractivity contribution in [2.45, 2.75) is 34.6 Å². The molecule has 322 valence electrons. The van der Waals surface area contributed by atoms with Crippen LogP contribution in [0.4, 0.5) is 0 Å². The van der Waals surface area contributed by atoms with Gasteiger partial charge in [-0.3, -0.25) is 19.2 Å². The minimum atomic E-state index is -0.508. The van der Waals surface area contributed by atoms with E-state index in [4.69, 9.17) is 28.4 Å². The second-order valence-corrected chi connectivity index (χ2v) is 12.5. The van der Waals surface area contributed by atoms with Gasteiger partial charge in [0.25, 0.3) is 0 Å². The molecule has 4 rings (SSSR count). The molecule has 0 saturated heterocycles. The first-order valence-electron chi connectivity index (χ1n) is 18.2. The molecule has 0 aliphatic rings. The maximum Gasteiger partial charge on any atom is 0.338 e. The van der Waals surface area contributed by atoms with Gasteiger partial charge in [0.1, 0.15) is 36.6 Å². The average Bonchev–Trinajstić information content (AvgIpc) is 3.26. The second-order valence-electron chi connectivity index (χ2n) is 12.5. The van der Waals surface area contributed by atoms with Gasteiger partial charge in [-0.05, 0) is 104 Å². The lowest BCUT2D eigenvalue weighted by Gasteiger charge is -2.13. The highest BCUT2D eigenvalue weighted by Gasteiger charge is 2.15. The van der Waals surface area contributed by atoms with Crippen LogP contribution in [0.15, 0.2) is 140 Å². The first kappa shape index (κ1) is 53.4. The van der Waals surface area contributed by atoms with Crippen LogP contribution in [0.5, 0.6) is 34.5 Å². The molecule has 0 radical (unpaired) electrons. The lowest BCUT2D eigenvalue weighted by atomic mass is 10.0. The third kappa shape index (κ3) is 20.6. The van der Waals surface area contributed by atoms with E-state index in [0.717, 1.165) is 47.4 Å². The van der Waals surface area contributed by atoms with E-state index >= 15 is 0 Å². The summed E-state index contributed by atoms with van der Waals surface area (Å²) in [6.07, 6.45) is 5.94. The van der Waals surface area contributed by atoms with E-state index in [1.54, 1.807) is 104 Å². The van der Waals surface area contributed by atoms with Crippen LogP contribution in [-0.4, -0.2) is 65.5 Å². The number of rotatable bonds is 14. The van der Waals surface area contributed by atoms with E-state index in [9.17, 15) is 28.8 Å². The third-order valence-electron chi connectivity index (χ3n) is 7.10. The zero-order valence-corrected chi connectivity index (χ0v) is 36.2. The molecule has 4 aromatic rings. The highest BCUT2D eigenvalue weighted by molar-refractivity contribution is 5.89. The van der Waals surface area contributed by atoms with E-state index < -0.39 is 11.9 Å². The molecule has 12 nitrogen and oxygen atoms in total. The average molecular weight is 835 g/mol. The van der Waals surface area contributed by atoms with Crippen molar-refractivity contribution in [2.24, 2.45) is 0 Å². The molecule has 0 aromatic heterocycles. The molecule has 0 aliphatic heterocycles. The quantitative estimate of drug-likeness (QED) is 0.0513. The van der Waals surface area contributed by atoms with Crippen LogP contribution in [0, 0.1) is 0 Å². The Labute approximate surface area is 358 Å². The van der Waals surface area contributed by atoms with Crippen LogP contribution >= 0.6 is 0 Å². The standard InChI is InChI=1S/C19H20O5.C18H16O4.3C4H6O/c1-5-6-19(20)24-17-12-14(21-2)8-9-15(17)13-7-10-16(22-3)18(11-13)23-4;1-12(2)18(20)22-17-10-15(8-9-16(17)21-3)14-6-4-13(11-19)5-7-14;3*1-4(2)3-5/h5-12H,1-4H3;4-11H,1H2,2-3H3;3*3H,1H2,2H3/b6-5+;;;;. The van der Waals surface area contributed by atoms with E-state index in [1.165, 1.54) is 13.2 Å². The molecule has 0 unspecified atom stereocenters. The number of methoxy groups -OCH3 is 4. The summed E-state index contributed by atoms with van der Waals surface area (Å²) < 4.78 is 31.7. The Morgan fingerprint density at radius 2 is 0.967 bits per heavy atom. The summed E-state index contributed by atoms with van der Waals surface area (Å²) in [5, 5.41) is 0. The van der Waals surface area contributed by atoms with Crippen molar-refractivity contribution in [3.63, 3.8) is 0 Å². The third-order valence-corrected chi connectivity index (χ3v) is 7.10. The van der Waals surface area contributed by atoms with Crippen LogP contribution in [0.25, 0.3) is 22.3 Å². The van der Waals surface area contributed by atoms with Crippen molar-refractivity contribution in [1.29, 1.82) is 0 Å². The molecule has 0 fully saturated rings. The summed E-state index contributed by atoms with van der Waals surface area (Å²) in [6.45, 7) is 21.8. The number of allylic oxidation sites excluding steroid dienone is 4. The number of benzene rings is 4. The zero-order valence-electron chi connectivity index (χ0n) is 36.2. The summed E-state index contributed by atoms with van der Waals surface area (Å²) in [6, 6.07) is 23.2. The van der Waals surface area contributed by atoms with Gasteiger partial charge in [0.2, 0.25) is 0 Å². The number of aldehydes is 4. The summed E-state index contributed by atoms with van der Waals surface area (Å²) in [5.41, 5.74) is 5.96. The molecule has 0 N–H and O–H groups in total. The summed E-state index contributed by atoms with van der Waals surface area (Å²) >= 11 is 0. The summed E-state index contributed by atoms with van der Waals surface area (Å²) in [7, 11) is 6.22. The van der Waals surface area contributed by atoms with Crippen molar-refractivity contribution in [3.05, 3.63) is 145 Å². The predicted molar refractivity (Wildman–Crippen MR) is 239 cm³/mol. The molecule has 12 heteroatoms. The monoisotopic (exact) mass is 834 g/mol. The topological polar surface area (TPSA) is 158 Å². The number of ether oxygens (including phenoxy) is 6. The van der Waals surface area contributed by atoms with Gasteiger partial charge in [0, 0.05) is 28.8 Å². The number of carbonyl (C=O) groups excluding carboxylic acids is 6. The Bertz CT molecular complexity index is 2130. The molecule has 0 aliphatic carbocycles. The fourth-order valence-electron chi connectivity index (χ4n) is 4.11. The van der Waals surface area contributed by atoms with Crippen LogP contribution in [0.3, 0.4) is 0 Å². The van der Waals surface area contributed by atoms with Gasteiger partial charge in [-0.1, -0.05) is 68.8 Å². The van der Waals surface area contributed by atoms with Crippen molar-refractivity contribution in [3.8, 4) is 56.8 Å². The van der Waals surface area contributed by atoms with Crippen molar-refractivity contribution < 1.29 is 57.2 Å². The number of esters is 2. The molecular weight excluding hydrogens is 781 g/mol. The number of hydrogen-bond acceptors (Lipinski definition) is 12. The Balaban J connectivity index is 0.000000888. The molecule has 4 aromatic carbocycles. The Morgan fingerprint density at radius 3 is 1.39 bits per heavy atom. The normalized spacial score (nSPS) is 9.33. The minimum Gasteiger partial charge on any atom is -0.497 e. The van der Waals surface area contributed by atoms with Crippen LogP contribution in [0.2, 0.25) is 0 Å². The Morgan fingerprint density at radius 1 is 0.508 bits per heavy atom. The molecule has 0 heterocycles. The lowest BCUT2D eigenvalue weighted by molar-refractivity contribution is -0.130. The van der Waals surface area contributed by atoms with Crippen molar-refractivity contribution >= 4 is 37.1 Å².